The molecule has 0 heterocycles. The molecule has 0 spiro atoms. The van der Waals surface area contributed by atoms with Crippen molar-refractivity contribution in [2.24, 2.45) is 5.92 Å². The van der Waals surface area contributed by atoms with Crippen molar-refractivity contribution in [3.05, 3.63) is 64.7 Å². The van der Waals surface area contributed by atoms with E-state index in [9.17, 15) is 13.2 Å². The van der Waals surface area contributed by atoms with Crippen LogP contribution in [0.4, 0.5) is 0 Å². The van der Waals surface area contributed by atoms with Gasteiger partial charge in [-0.2, -0.15) is 0 Å². The number of nitrogens with one attached hydrogen (secondary N) is 1. The van der Waals surface area contributed by atoms with Gasteiger partial charge >= 0.3 is 5.97 Å². The number of halogens is 1. The Morgan fingerprint density at radius 3 is 2.83 bits per heavy atom. The van der Waals surface area contributed by atoms with Crippen molar-refractivity contribution in [3.63, 3.8) is 0 Å². The van der Waals surface area contributed by atoms with Crippen molar-refractivity contribution in [1.29, 1.82) is 0 Å². The molecule has 0 bridgehead atoms. The van der Waals surface area contributed by atoms with Gasteiger partial charge in [-0.05, 0) is 66.1 Å². The third kappa shape index (κ3) is 5.03. The van der Waals surface area contributed by atoms with Crippen LogP contribution in [0.3, 0.4) is 0 Å². The zero-order valence-corrected chi connectivity index (χ0v) is 18.2. The van der Waals surface area contributed by atoms with Crippen molar-refractivity contribution in [1.82, 2.24) is 4.72 Å². The van der Waals surface area contributed by atoms with Crippen LogP contribution >= 0.6 is 11.6 Å². The predicted octanol–water partition coefficient (Wildman–Crippen LogP) is 4.44. The standard InChI is InChI=1S/C22H24ClNO5S/c1-3-15-10-16(23)12-17(11-15)30(27,28)24-22-14(2)6-4-7-18-19(22)8-5-9-20(18)29-13-21(25)26/h3,5,8-12,14,22,24H,1,4,6-7,13H2,2H3,(H,25,26)/t14-,22?/m1/s1. The number of ether oxygens (including phenoxy) is 1. The first-order chi connectivity index (χ1) is 14.2. The number of aliphatic carboxylic acids is 1. The molecule has 0 aromatic heterocycles. The molecule has 30 heavy (non-hydrogen) atoms. The Bertz CT molecular complexity index is 1070. The summed E-state index contributed by atoms with van der Waals surface area (Å²) in [6.07, 6.45) is 3.89. The van der Waals surface area contributed by atoms with E-state index in [0.29, 0.717) is 22.8 Å². The minimum absolute atomic E-state index is 0.0359. The van der Waals surface area contributed by atoms with Gasteiger partial charge < -0.3 is 9.84 Å². The Kier molecular flexibility index (Phi) is 6.85. The molecule has 2 aromatic rings. The number of sulfonamides is 1. The van der Waals surface area contributed by atoms with Crippen LogP contribution in [0.2, 0.25) is 5.02 Å². The lowest BCUT2D eigenvalue weighted by Crippen LogP contribution is -2.32. The SMILES string of the molecule is C=Cc1cc(Cl)cc(S(=O)(=O)NC2c3cccc(OCC(=O)O)c3CCC[C@H]2C)c1. The monoisotopic (exact) mass is 449 g/mol. The van der Waals surface area contributed by atoms with Gasteiger partial charge in [0.25, 0.3) is 0 Å². The van der Waals surface area contributed by atoms with Gasteiger partial charge in [-0.1, -0.05) is 43.3 Å². The summed E-state index contributed by atoms with van der Waals surface area (Å²) in [5, 5.41) is 9.25. The number of rotatable bonds is 7. The Hall–Kier alpha value is -2.35. The lowest BCUT2D eigenvalue weighted by molar-refractivity contribution is -0.139. The van der Waals surface area contributed by atoms with E-state index in [1.807, 2.05) is 13.0 Å². The van der Waals surface area contributed by atoms with Crippen LogP contribution in [-0.4, -0.2) is 26.1 Å². The molecule has 3 rings (SSSR count). The van der Waals surface area contributed by atoms with Crippen LogP contribution in [-0.2, 0) is 21.2 Å². The summed E-state index contributed by atoms with van der Waals surface area (Å²) in [7, 11) is -3.86. The number of carbonyl (C=O) groups is 1. The highest BCUT2D eigenvalue weighted by Gasteiger charge is 2.31. The summed E-state index contributed by atoms with van der Waals surface area (Å²) in [5.41, 5.74) is 2.26. The molecule has 160 valence electrons. The van der Waals surface area contributed by atoms with E-state index in [-0.39, 0.29) is 10.8 Å². The number of carboxylic acid groups (broad SMARTS) is 1. The zero-order valence-electron chi connectivity index (χ0n) is 16.6. The number of fused-ring (bicyclic) bond motifs is 1. The molecule has 2 atom stereocenters. The normalized spacial score (nSPS) is 18.9. The Labute approximate surface area is 181 Å². The molecule has 2 aromatic carbocycles. The zero-order chi connectivity index (χ0) is 21.9. The van der Waals surface area contributed by atoms with Gasteiger partial charge in [-0.15, -0.1) is 0 Å². The van der Waals surface area contributed by atoms with E-state index >= 15 is 0 Å². The number of hydrogen-bond acceptors (Lipinski definition) is 4. The van der Waals surface area contributed by atoms with Crippen LogP contribution in [0.15, 0.2) is 47.9 Å². The summed E-state index contributed by atoms with van der Waals surface area (Å²) in [5.74, 6) is -0.551. The second-order valence-corrected chi connectivity index (χ2v) is 9.55. The number of benzene rings is 2. The molecule has 0 fully saturated rings. The first-order valence-corrected chi connectivity index (χ1v) is 11.5. The van der Waals surface area contributed by atoms with Gasteiger partial charge in [0.2, 0.25) is 10.0 Å². The fourth-order valence-electron chi connectivity index (χ4n) is 3.76. The maximum absolute atomic E-state index is 13.2. The maximum atomic E-state index is 13.2. The molecule has 0 radical (unpaired) electrons. The third-order valence-corrected chi connectivity index (χ3v) is 6.87. The molecule has 1 aliphatic rings. The van der Waals surface area contributed by atoms with E-state index in [2.05, 4.69) is 11.3 Å². The van der Waals surface area contributed by atoms with E-state index in [1.165, 1.54) is 12.1 Å². The predicted molar refractivity (Wildman–Crippen MR) is 116 cm³/mol. The van der Waals surface area contributed by atoms with Crippen LogP contribution < -0.4 is 9.46 Å². The smallest absolute Gasteiger partial charge is 0.341 e. The van der Waals surface area contributed by atoms with Gasteiger partial charge in [0.1, 0.15) is 5.75 Å². The van der Waals surface area contributed by atoms with Gasteiger partial charge in [0, 0.05) is 11.1 Å². The Morgan fingerprint density at radius 2 is 2.13 bits per heavy atom. The summed E-state index contributed by atoms with van der Waals surface area (Å²) in [4.78, 5) is 11.0. The molecule has 1 unspecified atom stereocenters. The highest BCUT2D eigenvalue weighted by Crippen LogP contribution is 2.38. The first kappa shape index (κ1) is 22.3. The molecule has 1 aliphatic carbocycles. The minimum atomic E-state index is -3.86. The van der Waals surface area contributed by atoms with Crippen LogP contribution in [0.1, 0.15) is 42.5 Å². The Balaban J connectivity index is 2.00. The average molecular weight is 450 g/mol. The maximum Gasteiger partial charge on any atom is 0.341 e. The van der Waals surface area contributed by atoms with E-state index in [1.54, 1.807) is 24.3 Å². The molecule has 0 saturated heterocycles. The largest absolute Gasteiger partial charge is 0.482 e. The molecule has 0 amide bonds. The van der Waals surface area contributed by atoms with E-state index in [0.717, 1.165) is 24.0 Å². The quantitative estimate of drug-likeness (QED) is 0.609. The van der Waals surface area contributed by atoms with Crippen molar-refractivity contribution < 1.29 is 23.1 Å². The first-order valence-electron chi connectivity index (χ1n) is 9.63. The summed E-state index contributed by atoms with van der Waals surface area (Å²) in [6.45, 7) is 5.23. The molecule has 6 nitrogen and oxygen atoms in total. The van der Waals surface area contributed by atoms with E-state index < -0.39 is 28.6 Å². The van der Waals surface area contributed by atoms with Crippen molar-refractivity contribution in [2.45, 2.75) is 37.1 Å². The third-order valence-electron chi connectivity index (χ3n) is 5.23. The van der Waals surface area contributed by atoms with Crippen molar-refractivity contribution >= 4 is 33.7 Å². The van der Waals surface area contributed by atoms with Crippen molar-refractivity contribution in [2.75, 3.05) is 6.61 Å². The van der Waals surface area contributed by atoms with E-state index in [4.69, 9.17) is 21.4 Å². The lowest BCUT2D eigenvalue weighted by atomic mass is 9.93. The van der Waals surface area contributed by atoms with Crippen LogP contribution in [0.5, 0.6) is 5.75 Å². The molecule has 0 aliphatic heterocycles. The van der Waals surface area contributed by atoms with Crippen LogP contribution in [0.25, 0.3) is 6.08 Å². The average Bonchev–Trinajstić information content (AvgIpc) is 2.85. The topological polar surface area (TPSA) is 92.7 Å². The summed E-state index contributed by atoms with van der Waals surface area (Å²) >= 11 is 6.09. The molecular weight excluding hydrogens is 426 g/mol. The van der Waals surface area contributed by atoms with Gasteiger partial charge in [-0.3, -0.25) is 0 Å². The second kappa shape index (κ2) is 9.20. The summed E-state index contributed by atoms with van der Waals surface area (Å²) < 4.78 is 34.6. The minimum Gasteiger partial charge on any atom is -0.482 e. The Morgan fingerprint density at radius 1 is 1.37 bits per heavy atom. The number of carboxylic acids is 1. The highest BCUT2D eigenvalue weighted by atomic mass is 35.5. The van der Waals surface area contributed by atoms with Crippen LogP contribution in [0, 0.1) is 5.92 Å². The molecule has 8 heteroatoms. The van der Waals surface area contributed by atoms with Crippen molar-refractivity contribution in [3.8, 4) is 5.75 Å². The fraction of sp³-hybridized carbons (Fsp3) is 0.318. The molecular formula is C22H24ClNO5S. The molecule has 0 saturated carbocycles. The fourth-order valence-corrected chi connectivity index (χ4v) is 5.47. The summed E-state index contributed by atoms with van der Waals surface area (Å²) in [6, 6.07) is 9.43. The van der Waals surface area contributed by atoms with Gasteiger partial charge in [-0.25, -0.2) is 17.9 Å². The molecule has 2 N–H and O–H groups in total. The number of hydrogen-bond donors (Lipinski definition) is 2. The lowest BCUT2D eigenvalue weighted by Gasteiger charge is -2.25. The highest BCUT2D eigenvalue weighted by molar-refractivity contribution is 7.89. The second-order valence-electron chi connectivity index (χ2n) is 7.40. The van der Waals surface area contributed by atoms with Gasteiger partial charge in [0.15, 0.2) is 6.61 Å². The van der Waals surface area contributed by atoms with Gasteiger partial charge in [0.05, 0.1) is 4.90 Å².